The lowest BCUT2D eigenvalue weighted by Gasteiger charge is -2.33. The minimum Gasteiger partial charge on any atom is -0.354 e. The highest BCUT2D eigenvalue weighted by molar-refractivity contribution is 6.34. The maximum Gasteiger partial charge on any atom is 0.255 e. The third kappa shape index (κ3) is 3.86. The van der Waals surface area contributed by atoms with E-state index in [-0.39, 0.29) is 5.91 Å². The molecule has 0 bridgehead atoms. The molecule has 0 radical (unpaired) electrons. The van der Waals surface area contributed by atoms with Gasteiger partial charge in [0, 0.05) is 37.9 Å². The number of likely N-dealkylation sites (N-methyl/N-ethyl adjacent to an activating group) is 1. The third-order valence-electron chi connectivity index (χ3n) is 4.21. The number of anilines is 2. The van der Waals surface area contributed by atoms with Gasteiger partial charge in [0.1, 0.15) is 5.82 Å². The Morgan fingerprint density at radius 2 is 1.92 bits per heavy atom. The molecule has 126 valence electrons. The standard InChI is InChI=1S/C18H21ClN4O/c1-13-3-4-16(15(19)11-13)21-18(24)14-5-6-20-17(12-14)23-9-7-22(2)8-10-23/h3-6,11-12H,7-10H2,1-2H3,(H,21,24). The molecule has 0 spiro atoms. The van der Waals surface area contributed by atoms with Crippen molar-refractivity contribution in [1.29, 1.82) is 0 Å². The smallest absolute Gasteiger partial charge is 0.255 e. The van der Waals surface area contributed by atoms with Crippen LogP contribution >= 0.6 is 11.6 Å². The van der Waals surface area contributed by atoms with Crippen LogP contribution in [0.1, 0.15) is 15.9 Å². The fourth-order valence-corrected chi connectivity index (χ4v) is 2.97. The SMILES string of the molecule is Cc1ccc(NC(=O)c2ccnc(N3CCN(C)CC3)c2)c(Cl)c1. The van der Waals surface area contributed by atoms with Gasteiger partial charge in [-0.3, -0.25) is 4.79 Å². The van der Waals surface area contributed by atoms with E-state index in [4.69, 9.17) is 11.6 Å². The number of pyridine rings is 1. The first-order valence-electron chi connectivity index (χ1n) is 8.00. The molecule has 1 saturated heterocycles. The van der Waals surface area contributed by atoms with Crippen molar-refractivity contribution in [2.24, 2.45) is 0 Å². The molecule has 1 aliphatic heterocycles. The summed E-state index contributed by atoms with van der Waals surface area (Å²) in [5, 5.41) is 3.40. The molecule has 1 aliphatic rings. The van der Waals surface area contributed by atoms with E-state index in [0.717, 1.165) is 37.6 Å². The van der Waals surface area contributed by atoms with Crippen molar-refractivity contribution in [2.45, 2.75) is 6.92 Å². The molecule has 2 heterocycles. The zero-order valence-electron chi connectivity index (χ0n) is 13.9. The molecule has 6 heteroatoms. The van der Waals surface area contributed by atoms with Crippen molar-refractivity contribution in [3.05, 3.63) is 52.7 Å². The van der Waals surface area contributed by atoms with Crippen molar-refractivity contribution in [1.82, 2.24) is 9.88 Å². The van der Waals surface area contributed by atoms with Crippen molar-refractivity contribution in [3.8, 4) is 0 Å². The van der Waals surface area contributed by atoms with Gasteiger partial charge in [0.05, 0.1) is 10.7 Å². The zero-order chi connectivity index (χ0) is 17.1. The number of aromatic nitrogens is 1. The van der Waals surface area contributed by atoms with Crippen molar-refractivity contribution in [2.75, 3.05) is 43.4 Å². The number of halogens is 1. The van der Waals surface area contributed by atoms with Gasteiger partial charge in [-0.25, -0.2) is 4.98 Å². The lowest BCUT2D eigenvalue weighted by Crippen LogP contribution is -2.44. The molecular formula is C18H21ClN4O. The molecule has 5 nitrogen and oxygen atoms in total. The van der Waals surface area contributed by atoms with E-state index < -0.39 is 0 Å². The summed E-state index contributed by atoms with van der Waals surface area (Å²) < 4.78 is 0. The number of aryl methyl sites for hydroxylation is 1. The van der Waals surface area contributed by atoms with Crippen molar-refractivity contribution < 1.29 is 4.79 Å². The Morgan fingerprint density at radius 3 is 2.62 bits per heavy atom. The van der Waals surface area contributed by atoms with Crippen LogP contribution in [0.25, 0.3) is 0 Å². The number of hydrogen-bond acceptors (Lipinski definition) is 4. The number of carbonyl (C=O) groups excluding carboxylic acids is 1. The number of benzene rings is 1. The van der Waals surface area contributed by atoms with Gasteiger partial charge >= 0.3 is 0 Å². The Morgan fingerprint density at radius 1 is 1.17 bits per heavy atom. The first kappa shape index (κ1) is 16.7. The van der Waals surface area contributed by atoms with Crippen LogP contribution in [0.15, 0.2) is 36.5 Å². The van der Waals surface area contributed by atoms with Crippen molar-refractivity contribution >= 4 is 29.0 Å². The van der Waals surface area contributed by atoms with Crippen LogP contribution in [0.2, 0.25) is 5.02 Å². The minimum absolute atomic E-state index is 0.182. The average Bonchev–Trinajstić information content (AvgIpc) is 2.58. The van der Waals surface area contributed by atoms with Crippen LogP contribution in [0.3, 0.4) is 0 Å². The molecule has 3 rings (SSSR count). The van der Waals surface area contributed by atoms with E-state index in [1.807, 2.05) is 31.2 Å². The summed E-state index contributed by atoms with van der Waals surface area (Å²) in [6, 6.07) is 9.13. The summed E-state index contributed by atoms with van der Waals surface area (Å²) in [6.07, 6.45) is 1.68. The highest BCUT2D eigenvalue weighted by Gasteiger charge is 2.17. The Kier molecular flexibility index (Phi) is 5.02. The lowest BCUT2D eigenvalue weighted by molar-refractivity contribution is 0.102. The second-order valence-corrected chi connectivity index (χ2v) is 6.54. The lowest BCUT2D eigenvalue weighted by atomic mass is 10.2. The predicted molar refractivity (Wildman–Crippen MR) is 98.1 cm³/mol. The minimum atomic E-state index is -0.182. The van der Waals surface area contributed by atoms with Crippen LogP contribution in [0.4, 0.5) is 11.5 Å². The summed E-state index contributed by atoms with van der Waals surface area (Å²) >= 11 is 6.19. The second kappa shape index (κ2) is 7.20. The topological polar surface area (TPSA) is 48.5 Å². The molecule has 0 aliphatic carbocycles. The van der Waals surface area contributed by atoms with Gasteiger partial charge in [0.25, 0.3) is 5.91 Å². The van der Waals surface area contributed by atoms with E-state index in [1.54, 1.807) is 12.3 Å². The van der Waals surface area contributed by atoms with Gasteiger partial charge in [0.2, 0.25) is 0 Å². The van der Waals surface area contributed by atoms with Gasteiger partial charge in [-0.1, -0.05) is 17.7 Å². The number of amides is 1. The van der Waals surface area contributed by atoms with E-state index in [9.17, 15) is 4.79 Å². The molecule has 1 N–H and O–H groups in total. The van der Waals surface area contributed by atoms with Crippen LogP contribution in [-0.4, -0.2) is 49.0 Å². The highest BCUT2D eigenvalue weighted by Crippen LogP contribution is 2.24. The Hall–Kier alpha value is -2.11. The maximum atomic E-state index is 12.5. The monoisotopic (exact) mass is 344 g/mol. The maximum absolute atomic E-state index is 12.5. The molecule has 2 aromatic rings. The number of hydrogen-bond donors (Lipinski definition) is 1. The van der Waals surface area contributed by atoms with E-state index >= 15 is 0 Å². The van der Waals surface area contributed by atoms with Gasteiger partial charge in [-0.05, 0) is 43.8 Å². The number of rotatable bonds is 3. The molecular weight excluding hydrogens is 324 g/mol. The molecule has 1 aromatic heterocycles. The first-order chi connectivity index (χ1) is 11.5. The Balaban J connectivity index is 1.74. The molecule has 24 heavy (non-hydrogen) atoms. The summed E-state index contributed by atoms with van der Waals surface area (Å²) in [5.74, 6) is 0.657. The van der Waals surface area contributed by atoms with Gasteiger partial charge in [-0.15, -0.1) is 0 Å². The molecule has 1 amide bonds. The van der Waals surface area contributed by atoms with Crippen molar-refractivity contribution in [3.63, 3.8) is 0 Å². The normalized spacial score (nSPS) is 15.4. The third-order valence-corrected chi connectivity index (χ3v) is 4.52. The second-order valence-electron chi connectivity index (χ2n) is 6.13. The largest absolute Gasteiger partial charge is 0.354 e. The van der Waals surface area contributed by atoms with Crippen LogP contribution in [0.5, 0.6) is 0 Å². The van der Waals surface area contributed by atoms with Gasteiger partial charge in [0.15, 0.2) is 0 Å². The highest BCUT2D eigenvalue weighted by atomic mass is 35.5. The molecule has 0 unspecified atom stereocenters. The molecule has 0 atom stereocenters. The number of piperazine rings is 1. The summed E-state index contributed by atoms with van der Waals surface area (Å²) in [4.78, 5) is 21.4. The van der Waals surface area contributed by atoms with Gasteiger partial charge in [-0.2, -0.15) is 0 Å². The zero-order valence-corrected chi connectivity index (χ0v) is 14.7. The summed E-state index contributed by atoms with van der Waals surface area (Å²) in [6.45, 7) is 5.79. The predicted octanol–water partition coefficient (Wildman–Crippen LogP) is 3.05. The Labute approximate surface area is 147 Å². The number of carbonyl (C=O) groups is 1. The van der Waals surface area contributed by atoms with E-state index in [2.05, 4.69) is 27.1 Å². The molecule has 1 aromatic carbocycles. The number of nitrogens with one attached hydrogen (secondary N) is 1. The fraction of sp³-hybridized carbons (Fsp3) is 0.333. The Bertz CT molecular complexity index is 742. The molecule has 1 fully saturated rings. The average molecular weight is 345 g/mol. The molecule has 0 saturated carbocycles. The number of nitrogens with zero attached hydrogens (tertiary/aromatic N) is 3. The van der Waals surface area contributed by atoms with Crippen LogP contribution in [0, 0.1) is 6.92 Å². The van der Waals surface area contributed by atoms with Gasteiger partial charge < -0.3 is 15.1 Å². The summed E-state index contributed by atoms with van der Waals surface area (Å²) in [5.41, 5.74) is 2.25. The van der Waals surface area contributed by atoms with E-state index in [0.29, 0.717) is 16.3 Å². The van der Waals surface area contributed by atoms with E-state index in [1.165, 1.54) is 0 Å². The summed E-state index contributed by atoms with van der Waals surface area (Å²) in [7, 11) is 2.11. The fourth-order valence-electron chi connectivity index (χ4n) is 2.68. The van der Waals surface area contributed by atoms with Crippen LogP contribution < -0.4 is 10.2 Å². The van der Waals surface area contributed by atoms with Crippen LogP contribution in [-0.2, 0) is 0 Å². The quantitative estimate of drug-likeness (QED) is 0.929. The first-order valence-corrected chi connectivity index (χ1v) is 8.38.